The van der Waals surface area contributed by atoms with Gasteiger partial charge in [0.15, 0.2) is 0 Å². The molecule has 3 saturated carbocycles. The molecule has 4 bridgehead atoms. The van der Waals surface area contributed by atoms with Crippen LogP contribution in [0.3, 0.4) is 0 Å². The Balaban J connectivity index is 1.61. The number of carbonyl (C=O) groups excluding carboxylic acids is 3. The van der Waals surface area contributed by atoms with Gasteiger partial charge in [0.1, 0.15) is 12.1 Å². The van der Waals surface area contributed by atoms with E-state index in [1.165, 1.54) is 32.1 Å². The summed E-state index contributed by atoms with van der Waals surface area (Å²) in [5.41, 5.74) is 0. The predicted octanol–water partition coefficient (Wildman–Crippen LogP) is 5.48. The lowest BCUT2D eigenvalue weighted by Crippen LogP contribution is -2.57. The molecule has 1 aliphatic heterocycles. The molecule has 4 unspecified atom stereocenters. The Bertz CT molecular complexity index is 887. The lowest BCUT2D eigenvalue weighted by molar-refractivity contribution is -0.135. The van der Waals surface area contributed by atoms with E-state index in [2.05, 4.69) is 34.7 Å². The van der Waals surface area contributed by atoms with Crippen LogP contribution in [-0.2, 0) is 19.1 Å². The first-order chi connectivity index (χ1) is 20.7. The molecule has 4 aliphatic rings. The van der Waals surface area contributed by atoms with Gasteiger partial charge in [-0.2, -0.15) is 0 Å². The lowest BCUT2D eigenvalue weighted by Gasteiger charge is -2.39. The van der Waals surface area contributed by atoms with E-state index in [-0.39, 0.29) is 42.0 Å². The third-order valence-corrected chi connectivity index (χ3v) is 10.8. The highest BCUT2D eigenvalue weighted by Crippen LogP contribution is 2.36. The Morgan fingerprint density at radius 2 is 1.42 bits per heavy atom. The van der Waals surface area contributed by atoms with Crippen molar-refractivity contribution in [1.29, 1.82) is 0 Å². The zero-order valence-corrected chi connectivity index (χ0v) is 27.7. The first-order valence-electron chi connectivity index (χ1n) is 18.1. The highest BCUT2D eigenvalue weighted by Gasteiger charge is 2.37. The first kappa shape index (κ1) is 34.2. The van der Waals surface area contributed by atoms with Gasteiger partial charge < -0.3 is 20.7 Å². The van der Waals surface area contributed by atoms with Gasteiger partial charge in [-0.25, -0.2) is 0 Å². The molecule has 0 spiro atoms. The number of hydrogen-bond acceptors (Lipinski definition) is 5. The maximum Gasteiger partial charge on any atom is 0.243 e. The number of nitrogens with zero attached hydrogens (tertiary/aromatic N) is 1. The van der Waals surface area contributed by atoms with Crippen LogP contribution in [0.4, 0.5) is 0 Å². The molecule has 1 saturated heterocycles. The van der Waals surface area contributed by atoms with Crippen molar-refractivity contribution in [2.75, 3.05) is 13.1 Å². The molecule has 7 atom stereocenters. The van der Waals surface area contributed by atoms with Crippen LogP contribution in [0.25, 0.3) is 0 Å². The molecule has 43 heavy (non-hydrogen) atoms. The van der Waals surface area contributed by atoms with Crippen LogP contribution in [0.15, 0.2) is 0 Å². The van der Waals surface area contributed by atoms with Gasteiger partial charge in [0.25, 0.3) is 0 Å². The van der Waals surface area contributed by atoms with Gasteiger partial charge in [-0.15, -0.1) is 0 Å². The summed E-state index contributed by atoms with van der Waals surface area (Å²) in [7, 11) is 0. The molecular formula is C35H62N4O4. The van der Waals surface area contributed by atoms with E-state index in [0.717, 1.165) is 77.3 Å². The fourth-order valence-electron chi connectivity index (χ4n) is 8.47. The van der Waals surface area contributed by atoms with Gasteiger partial charge in [-0.3, -0.25) is 19.3 Å². The standard InChI is InChI=1S/C35H62N4O4/c1-5-39(6-2)32-23-27-15-11-17-29(21-27)43-28-16-10-14-26(20-28)22-31(34(41)36-24(3)4)38-33(40)30(37-35(32)42)19-18-25-12-8-7-9-13-25/h24-32H,5-23H2,1-4H3,(H,36,41)(H,37,42)(H,38,40)/t26?,27?,28?,29?,30-,31-,32-/m0/s1. The predicted molar refractivity (Wildman–Crippen MR) is 171 cm³/mol. The van der Waals surface area contributed by atoms with E-state index < -0.39 is 12.1 Å². The maximum atomic E-state index is 14.1. The SMILES string of the molecule is CCN(CC)[C@H]1CC2CCCC(C2)OC2CCCC(C2)C[C@@H](C(=O)NC(C)C)NC(=O)[C@H](CCC2CCCCC2)NC1=O. The minimum Gasteiger partial charge on any atom is -0.375 e. The summed E-state index contributed by atoms with van der Waals surface area (Å²) in [5, 5.41) is 9.46. The third-order valence-electron chi connectivity index (χ3n) is 10.8. The Hall–Kier alpha value is -1.67. The fourth-order valence-corrected chi connectivity index (χ4v) is 8.47. The third kappa shape index (κ3) is 10.4. The highest BCUT2D eigenvalue weighted by molar-refractivity contribution is 5.93. The van der Waals surface area contributed by atoms with E-state index >= 15 is 0 Å². The van der Waals surface area contributed by atoms with Gasteiger partial charge in [0.05, 0.1) is 18.2 Å². The van der Waals surface area contributed by atoms with Crippen LogP contribution in [-0.4, -0.2) is 72.1 Å². The van der Waals surface area contributed by atoms with Gasteiger partial charge in [-0.1, -0.05) is 71.6 Å². The van der Waals surface area contributed by atoms with Gasteiger partial charge in [-0.05, 0) is 96.1 Å². The second-order valence-corrected chi connectivity index (χ2v) is 14.5. The number of likely N-dealkylation sites (N-methyl/N-ethyl adjacent to an activating group) is 1. The Morgan fingerprint density at radius 3 is 2.02 bits per heavy atom. The lowest BCUT2D eigenvalue weighted by atomic mass is 9.80. The summed E-state index contributed by atoms with van der Waals surface area (Å²) in [6, 6.07) is -1.52. The van der Waals surface area contributed by atoms with Crippen molar-refractivity contribution < 1.29 is 19.1 Å². The largest absolute Gasteiger partial charge is 0.375 e. The normalized spacial score (nSPS) is 33.6. The molecule has 0 aromatic carbocycles. The monoisotopic (exact) mass is 602 g/mol. The van der Waals surface area contributed by atoms with Crippen LogP contribution in [0.5, 0.6) is 0 Å². The number of ether oxygens (including phenoxy) is 1. The molecule has 0 aromatic heterocycles. The average molecular weight is 603 g/mol. The van der Waals surface area contributed by atoms with E-state index in [1.807, 2.05) is 13.8 Å². The van der Waals surface area contributed by atoms with Gasteiger partial charge >= 0.3 is 0 Å². The van der Waals surface area contributed by atoms with Crippen LogP contribution in [0.2, 0.25) is 0 Å². The maximum absolute atomic E-state index is 14.1. The van der Waals surface area contributed by atoms with Crippen molar-refractivity contribution in [3.8, 4) is 0 Å². The number of carbonyl (C=O) groups is 3. The van der Waals surface area contributed by atoms with Gasteiger partial charge in [0.2, 0.25) is 17.7 Å². The topological polar surface area (TPSA) is 99.8 Å². The minimum absolute atomic E-state index is 0.0110. The molecule has 8 nitrogen and oxygen atoms in total. The molecule has 3 N–H and O–H groups in total. The Labute approximate surface area is 261 Å². The van der Waals surface area contributed by atoms with E-state index in [9.17, 15) is 14.4 Å². The van der Waals surface area contributed by atoms with E-state index in [0.29, 0.717) is 30.6 Å². The molecular weight excluding hydrogens is 540 g/mol. The van der Waals surface area contributed by atoms with E-state index in [1.54, 1.807) is 0 Å². The van der Waals surface area contributed by atoms with Crippen molar-refractivity contribution in [1.82, 2.24) is 20.9 Å². The zero-order valence-electron chi connectivity index (χ0n) is 27.7. The summed E-state index contributed by atoms with van der Waals surface area (Å²) in [5.74, 6) is 1.01. The van der Waals surface area contributed by atoms with Crippen LogP contribution in [0, 0.1) is 17.8 Å². The molecule has 0 radical (unpaired) electrons. The summed E-state index contributed by atoms with van der Waals surface area (Å²) >= 11 is 0. The Kier molecular flexibility index (Phi) is 13.6. The second-order valence-electron chi connectivity index (χ2n) is 14.5. The quantitative estimate of drug-likeness (QED) is 0.342. The van der Waals surface area contributed by atoms with Crippen molar-refractivity contribution in [3.63, 3.8) is 0 Å². The smallest absolute Gasteiger partial charge is 0.243 e. The molecule has 4 rings (SSSR count). The number of nitrogens with one attached hydrogen (secondary N) is 3. The summed E-state index contributed by atoms with van der Waals surface area (Å²) in [6.45, 7) is 9.73. The molecule has 3 aliphatic carbocycles. The number of hydrogen-bond donors (Lipinski definition) is 3. The molecule has 8 heteroatoms. The van der Waals surface area contributed by atoms with Crippen molar-refractivity contribution in [2.45, 2.75) is 173 Å². The summed E-state index contributed by atoms with van der Waals surface area (Å²) in [4.78, 5) is 43.9. The van der Waals surface area contributed by atoms with Crippen molar-refractivity contribution >= 4 is 17.7 Å². The van der Waals surface area contributed by atoms with Crippen molar-refractivity contribution in [2.24, 2.45) is 17.8 Å². The Morgan fingerprint density at radius 1 is 0.791 bits per heavy atom. The first-order valence-corrected chi connectivity index (χ1v) is 18.1. The second kappa shape index (κ2) is 17.1. The minimum atomic E-state index is -0.628. The molecule has 4 fully saturated rings. The molecule has 0 aromatic rings. The number of amides is 3. The molecule has 3 amide bonds. The highest BCUT2D eigenvalue weighted by atomic mass is 16.5. The van der Waals surface area contributed by atoms with Crippen LogP contribution in [0.1, 0.15) is 137 Å². The van der Waals surface area contributed by atoms with Crippen LogP contribution >= 0.6 is 0 Å². The summed E-state index contributed by atoms with van der Waals surface area (Å²) < 4.78 is 6.75. The molecule has 246 valence electrons. The number of rotatable bonds is 8. The van der Waals surface area contributed by atoms with Crippen molar-refractivity contribution in [3.05, 3.63) is 0 Å². The fraction of sp³-hybridized carbons (Fsp3) is 0.914. The number of fused-ring (bicyclic) bond motifs is 4. The van der Waals surface area contributed by atoms with E-state index in [4.69, 9.17) is 4.74 Å². The van der Waals surface area contributed by atoms with Gasteiger partial charge in [0, 0.05) is 6.04 Å². The van der Waals surface area contributed by atoms with Crippen LogP contribution < -0.4 is 16.0 Å². The zero-order chi connectivity index (χ0) is 30.8. The average Bonchev–Trinajstić information content (AvgIpc) is 2.99. The molecule has 1 heterocycles. The summed E-state index contributed by atoms with van der Waals surface area (Å²) in [6.07, 6.45) is 18.2.